The minimum absolute atomic E-state index is 0.352. The SMILES string of the molecule is CCCc1cc2cc(OC)ccc2c(Oc2ccc(/C=C/C(=O)OCC)cc2)c1-c1ccccc1. The predicted molar refractivity (Wildman–Crippen MR) is 142 cm³/mol. The van der Waals surface area contributed by atoms with Crippen molar-refractivity contribution >= 4 is 22.8 Å². The van der Waals surface area contributed by atoms with Crippen LogP contribution in [0.25, 0.3) is 28.0 Å². The van der Waals surface area contributed by atoms with Gasteiger partial charge in [-0.05, 0) is 71.8 Å². The maximum absolute atomic E-state index is 11.6. The van der Waals surface area contributed by atoms with Gasteiger partial charge in [0, 0.05) is 17.0 Å². The number of esters is 1. The fourth-order valence-corrected chi connectivity index (χ4v) is 4.15. The molecule has 4 heteroatoms. The molecule has 178 valence electrons. The van der Waals surface area contributed by atoms with E-state index in [9.17, 15) is 4.79 Å². The van der Waals surface area contributed by atoms with Gasteiger partial charge in [0.05, 0.1) is 13.7 Å². The molecule has 4 aromatic carbocycles. The van der Waals surface area contributed by atoms with Crippen molar-refractivity contribution in [2.45, 2.75) is 26.7 Å². The van der Waals surface area contributed by atoms with E-state index < -0.39 is 0 Å². The summed E-state index contributed by atoms with van der Waals surface area (Å²) in [7, 11) is 1.68. The number of carbonyl (C=O) groups is 1. The molecule has 0 aliphatic heterocycles. The predicted octanol–water partition coefficient (Wildman–Crippen LogP) is 7.84. The number of fused-ring (bicyclic) bond motifs is 1. The maximum Gasteiger partial charge on any atom is 0.330 e. The van der Waals surface area contributed by atoms with Crippen molar-refractivity contribution in [1.82, 2.24) is 0 Å². The van der Waals surface area contributed by atoms with E-state index in [1.165, 1.54) is 11.6 Å². The van der Waals surface area contributed by atoms with E-state index in [2.05, 4.69) is 49.4 Å². The molecule has 0 bridgehead atoms. The molecule has 0 saturated carbocycles. The highest BCUT2D eigenvalue weighted by Crippen LogP contribution is 2.43. The maximum atomic E-state index is 11.6. The molecule has 0 N–H and O–H groups in total. The molecule has 0 amide bonds. The van der Waals surface area contributed by atoms with Crippen LogP contribution < -0.4 is 9.47 Å². The number of rotatable bonds is 9. The van der Waals surface area contributed by atoms with Crippen LogP contribution in [-0.2, 0) is 16.0 Å². The lowest BCUT2D eigenvalue weighted by Gasteiger charge is -2.19. The number of carbonyl (C=O) groups excluding carboxylic acids is 1. The summed E-state index contributed by atoms with van der Waals surface area (Å²) in [6, 6.07) is 26.4. The molecular formula is C31H30O4. The largest absolute Gasteiger partial charge is 0.497 e. The van der Waals surface area contributed by atoms with Gasteiger partial charge in [-0.2, -0.15) is 0 Å². The summed E-state index contributed by atoms with van der Waals surface area (Å²) in [5.74, 6) is 2.02. The number of hydrogen-bond donors (Lipinski definition) is 0. The zero-order valence-corrected chi connectivity index (χ0v) is 20.4. The van der Waals surface area contributed by atoms with Crippen LogP contribution >= 0.6 is 0 Å². The van der Waals surface area contributed by atoms with Crippen molar-refractivity contribution < 1.29 is 19.0 Å². The summed E-state index contributed by atoms with van der Waals surface area (Å²) in [5.41, 5.74) is 4.36. The topological polar surface area (TPSA) is 44.8 Å². The zero-order chi connectivity index (χ0) is 24.6. The Morgan fingerprint density at radius 1 is 0.886 bits per heavy atom. The molecule has 4 aromatic rings. The van der Waals surface area contributed by atoms with Gasteiger partial charge in [0.1, 0.15) is 17.2 Å². The molecule has 0 unspecified atom stereocenters. The first kappa shape index (κ1) is 24.1. The first-order valence-electron chi connectivity index (χ1n) is 11.9. The average molecular weight is 467 g/mol. The molecule has 4 rings (SSSR count). The third kappa shape index (κ3) is 5.72. The standard InChI is InChI=1S/C31H30O4/c1-4-9-24-20-25-21-27(33-3)17-18-28(25)31(30(24)23-10-7-6-8-11-23)35-26-15-12-22(13-16-26)14-19-29(32)34-5-2/h6-8,10-21H,4-5,9H2,1-3H3/b19-14+. The van der Waals surface area contributed by atoms with Crippen LogP contribution in [0.4, 0.5) is 0 Å². The second-order valence-corrected chi connectivity index (χ2v) is 8.20. The fraction of sp³-hybridized carbons (Fsp3) is 0.194. The van der Waals surface area contributed by atoms with Gasteiger partial charge in [-0.15, -0.1) is 0 Å². The Bertz CT molecular complexity index is 1320. The Labute approximate surface area is 206 Å². The molecule has 0 aliphatic rings. The van der Waals surface area contributed by atoms with Gasteiger partial charge >= 0.3 is 5.97 Å². The summed E-state index contributed by atoms with van der Waals surface area (Å²) in [4.78, 5) is 11.6. The second-order valence-electron chi connectivity index (χ2n) is 8.20. The van der Waals surface area contributed by atoms with Gasteiger partial charge in [0.2, 0.25) is 0 Å². The first-order valence-corrected chi connectivity index (χ1v) is 11.9. The van der Waals surface area contributed by atoms with Crippen molar-refractivity contribution in [2.75, 3.05) is 13.7 Å². The highest BCUT2D eigenvalue weighted by atomic mass is 16.5. The minimum atomic E-state index is -0.352. The van der Waals surface area contributed by atoms with Gasteiger partial charge < -0.3 is 14.2 Å². The Morgan fingerprint density at radius 3 is 2.31 bits per heavy atom. The van der Waals surface area contributed by atoms with Crippen molar-refractivity contribution in [3.05, 3.63) is 96.1 Å². The monoisotopic (exact) mass is 466 g/mol. The normalized spacial score (nSPS) is 11.1. The van der Waals surface area contributed by atoms with Gasteiger partial charge in [-0.3, -0.25) is 0 Å². The van der Waals surface area contributed by atoms with Crippen LogP contribution in [0.15, 0.2) is 84.9 Å². The lowest BCUT2D eigenvalue weighted by Crippen LogP contribution is -1.98. The molecule has 0 saturated heterocycles. The quantitative estimate of drug-likeness (QED) is 0.186. The van der Waals surface area contributed by atoms with Crippen molar-refractivity contribution in [1.29, 1.82) is 0 Å². The highest BCUT2D eigenvalue weighted by Gasteiger charge is 2.18. The molecule has 0 atom stereocenters. The van der Waals surface area contributed by atoms with Crippen LogP contribution in [0.5, 0.6) is 17.2 Å². The van der Waals surface area contributed by atoms with Crippen molar-refractivity contribution in [3.8, 4) is 28.4 Å². The van der Waals surface area contributed by atoms with Gasteiger partial charge in [-0.25, -0.2) is 4.79 Å². The summed E-state index contributed by atoms with van der Waals surface area (Å²) >= 11 is 0. The van der Waals surface area contributed by atoms with E-state index in [4.69, 9.17) is 14.2 Å². The lowest BCUT2D eigenvalue weighted by atomic mass is 9.91. The van der Waals surface area contributed by atoms with E-state index in [-0.39, 0.29) is 5.97 Å². The van der Waals surface area contributed by atoms with Crippen LogP contribution in [0, 0.1) is 0 Å². The third-order valence-corrected chi connectivity index (χ3v) is 5.76. The molecule has 4 nitrogen and oxygen atoms in total. The van der Waals surface area contributed by atoms with Gasteiger partial charge in [-0.1, -0.05) is 61.9 Å². The molecule has 0 fully saturated rings. The third-order valence-electron chi connectivity index (χ3n) is 5.76. The summed E-state index contributed by atoms with van der Waals surface area (Å²) in [5, 5.41) is 2.10. The second kappa shape index (κ2) is 11.4. The molecule has 0 aliphatic carbocycles. The van der Waals surface area contributed by atoms with Crippen LogP contribution in [0.1, 0.15) is 31.4 Å². The van der Waals surface area contributed by atoms with E-state index in [0.29, 0.717) is 6.61 Å². The van der Waals surface area contributed by atoms with Crippen LogP contribution in [0.3, 0.4) is 0 Å². The molecule has 0 spiro atoms. The van der Waals surface area contributed by atoms with E-state index in [1.807, 2.05) is 36.4 Å². The van der Waals surface area contributed by atoms with Gasteiger partial charge in [0.15, 0.2) is 0 Å². The summed E-state index contributed by atoms with van der Waals surface area (Å²) < 4.78 is 17.0. The Hall–Kier alpha value is -4.05. The number of aryl methyl sites for hydroxylation is 1. The van der Waals surface area contributed by atoms with Crippen LogP contribution in [0.2, 0.25) is 0 Å². The number of ether oxygens (including phenoxy) is 3. The molecule has 0 radical (unpaired) electrons. The summed E-state index contributed by atoms with van der Waals surface area (Å²) in [6.45, 7) is 4.33. The highest BCUT2D eigenvalue weighted by molar-refractivity contribution is 5.98. The molecular weight excluding hydrogens is 436 g/mol. The number of hydrogen-bond acceptors (Lipinski definition) is 4. The van der Waals surface area contributed by atoms with Gasteiger partial charge in [0.25, 0.3) is 0 Å². The minimum Gasteiger partial charge on any atom is -0.497 e. The average Bonchev–Trinajstić information content (AvgIpc) is 2.89. The van der Waals surface area contributed by atoms with E-state index in [0.717, 1.165) is 57.6 Å². The zero-order valence-electron chi connectivity index (χ0n) is 20.4. The fourth-order valence-electron chi connectivity index (χ4n) is 4.15. The smallest absolute Gasteiger partial charge is 0.330 e. The van der Waals surface area contributed by atoms with Crippen LogP contribution in [-0.4, -0.2) is 19.7 Å². The number of benzene rings is 4. The van der Waals surface area contributed by atoms with Crippen molar-refractivity contribution in [3.63, 3.8) is 0 Å². The summed E-state index contributed by atoms with van der Waals surface area (Å²) in [6.07, 6.45) is 5.13. The lowest BCUT2D eigenvalue weighted by molar-refractivity contribution is -0.137. The molecule has 35 heavy (non-hydrogen) atoms. The Kier molecular flexibility index (Phi) is 7.84. The van der Waals surface area contributed by atoms with E-state index >= 15 is 0 Å². The molecule has 0 aromatic heterocycles. The first-order chi connectivity index (χ1) is 17.1. The number of methoxy groups -OCH3 is 1. The van der Waals surface area contributed by atoms with Crippen molar-refractivity contribution in [2.24, 2.45) is 0 Å². The molecule has 0 heterocycles. The Morgan fingerprint density at radius 2 is 1.63 bits per heavy atom. The van der Waals surface area contributed by atoms with E-state index in [1.54, 1.807) is 20.1 Å². The Balaban J connectivity index is 1.80.